The van der Waals surface area contributed by atoms with Gasteiger partial charge in [0.15, 0.2) is 0 Å². The molecule has 0 heterocycles. The summed E-state index contributed by atoms with van der Waals surface area (Å²) in [5, 5.41) is 2.28. The molecule has 2 aromatic carbocycles. The van der Waals surface area contributed by atoms with Crippen LogP contribution in [0.15, 0.2) is 36.4 Å². The Morgan fingerprint density at radius 2 is 1.82 bits per heavy atom. The van der Waals surface area contributed by atoms with Crippen LogP contribution in [-0.2, 0) is 4.74 Å². The number of ether oxygens (including phenoxy) is 2. The minimum atomic E-state index is -0.286. The third-order valence-corrected chi connectivity index (χ3v) is 4.09. The number of hydrogen-bond donors (Lipinski definition) is 0. The van der Waals surface area contributed by atoms with Crippen LogP contribution in [0.3, 0.4) is 0 Å². The Labute approximate surface area is 129 Å². The normalized spacial score (nSPS) is 12.6. The van der Waals surface area contributed by atoms with Crippen LogP contribution in [0.5, 0.6) is 5.75 Å². The average molecular weight is 294 g/mol. The van der Waals surface area contributed by atoms with Gasteiger partial charge >= 0.3 is 5.97 Å². The summed E-state index contributed by atoms with van der Waals surface area (Å²) in [6.07, 6.45) is 3.02. The van der Waals surface area contributed by atoms with Gasteiger partial charge in [-0.1, -0.05) is 24.3 Å². The lowest BCUT2D eigenvalue weighted by atomic mass is 10.0. The molecule has 0 atom stereocenters. The van der Waals surface area contributed by atoms with Crippen molar-refractivity contribution in [1.29, 1.82) is 0 Å². The molecule has 0 aliphatic heterocycles. The van der Waals surface area contributed by atoms with Gasteiger partial charge in [0.2, 0.25) is 0 Å². The Morgan fingerprint density at radius 3 is 2.45 bits per heavy atom. The van der Waals surface area contributed by atoms with Crippen molar-refractivity contribution in [3.8, 4) is 5.75 Å². The van der Waals surface area contributed by atoms with Crippen LogP contribution in [-0.4, -0.2) is 20.2 Å². The van der Waals surface area contributed by atoms with E-state index < -0.39 is 0 Å². The monoisotopic (exact) mass is 294 g/mol. The third kappa shape index (κ3) is 2.39. The topological polar surface area (TPSA) is 35.5 Å². The maximum Gasteiger partial charge on any atom is 0.338 e. The molecule has 0 aromatic heterocycles. The summed E-state index contributed by atoms with van der Waals surface area (Å²) in [5.74, 6) is 0.565. The first kappa shape index (κ1) is 14.4. The third-order valence-electron chi connectivity index (χ3n) is 4.09. The molecule has 0 saturated carbocycles. The van der Waals surface area contributed by atoms with E-state index in [1.807, 2.05) is 25.1 Å². The standard InChI is InChI=1S/C19H18O3/c1-12-10-18-14(11-17(12)19(20)22-3)6-9-16(18)13-4-7-15(21-2)8-5-13/h4-8,10-11H,9H2,1-3H3. The highest BCUT2D eigenvalue weighted by atomic mass is 16.5. The molecular formula is C19H18O3. The molecule has 112 valence electrons. The van der Waals surface area contributed by atoms with Gasteiger partial charge in [0.25, 0.3) is 0 Å². The number of rotatable bonds is 3. The summed E-state index contributed by atoms with van der Waals surface area (Å²) < 4.78 is 10.0. The molecule has 0 saturated heterocycles. The molecule has 3 heteroatoms. The molecule has 22 heavy (non-hydrogen) atoms. The summed E-state index contributed by atoms with van der Waals surface area (Å²) in [6.45, 7) is 1.94. The number of methoxy groups -OCH3 is 2. The zero-order valence-corrected chi connectivity index (χ0v) is 13.0. The van der Waals surface area contributed by atoms with Crippen LogP contribution in [0.1, 0.15) is 27.9 Å². The van der Waals surface area contributed by atoms with Crippen LogP contribution >= 0.6 is 0 Å². The fourth-order valence-corrected chi connectivity index (χ4v) is 2.87. The molecule has 3 nitrogen and oxygen atoms in total. The molecule has 1 aliphatic rings. The Morgan fingerprint density at radius 1 is 1.09 bits per heavy atom. The van der Waals surface area contributed by atoms with Crippen molar-refractivity contribution in [2.45, 2.75) is 13.3 Å². The van der Waals surface area contributed by atoms with Gasteiger partial charge in [-0.2, -0.15) is 0 Å². The Hall–Kier alpha value is -2.55. The summed E-state index contributed by atoms with van der Waals surface area (Å²) in [4.78, 5) is 11.8. The van der Waals surface area contributed by atoms with Gasteiger partial charge in [0, 0.05) is 0 Å². The predicted octanol–water partition coefficient (Wildman–Crippen LogP) is 2.17. The van der Waals surface area contributed by atoms with Crippen LogP contribution in [0.4, 0.5) is 0 Å². The molecule has 0 radical (unpaired) electrons. The number of benzene rings is 2. The maximum absolute atomic E-state index is 11.8. The Kier molecular flexibility index (Phi) is 3.72. The number of carbonyl (C=O) groups is 1. The first-order valence-electron chi connectivity index (χ1n) is 7.21. The zero-order valence-electron chi connectivity index (χ0n) is 13.0. The van der Waals surface area contributed by atoms with E-state index in [0.717, 1.165) is 23.0 Å². The van der Waals surface area contributed by atoms with E-state index in [-0.39, 0.29) is 5.97 Å². The number of carbonyl (C=O) groups excluding carboxylic acids is 1. The van der Waals surface area contributed by atoms with Crippen molar-refractivity contribution >= 4 is 17.6 Å². The molecule has 2 aromatic rings. The Balaban J connectivity index is 2.15. The molecule has 0 spiro atoms. The van der Waals surface area contributed by atoms with E-state index in [2.05, 4.69) is 24.3 Å². The van der Waals surface area contributed by atoms with E-state index in [0.29, 0.717) is 5.56 Å². The minimum absolute atomic E-state index is 0.286. The second kappa shape index (κ2) is 5.68. The summed E-state index contributed by atoms with van der Waals surface area (Å²) in [6, 6.07) is 12.1. The van der Waals surface area contributed by atoms with Gasteiger partial charge in [0.1, 0.15) is 5.75 Å². The van der Waals surface area contributed by atoms with Gasteiger partial charge in [-0.05, 0) is 58.7 Å². The lowest BCUT2D eigenvalue weighted by Crippen LogP contribution is -2.26. The number of fused-ring (bicyclic) bond motifs is 1. The van der Waals surface area contributed by atoms with Gasteiger partial charge in [-0.3, -0.25) is 0 Å². The molecular weight excluding hydrogens is 276 g/mol. The van der Waals surface area contributed by atoms with Crippen molar-refractivity contribution in [2.75, 3.05) is 14.2 Å². The number of hydrogen-bond acceptors (Lipinski definition) is 3. The van der Waals surface area contributed by atoms with Crippen LogP contribution in [0.2, 0.25) is 0 Å². The van der Waals surface area contributed by atoms with Crippen LogP contribution < -0.4 is 15.2 Å². The SMILES string of the molecule is COC(=O)c1cc2c(cc1C)=C(c1ccc(OC)cc1)CC=2. The second-order valence-electron chi connectivity index (χ2n) is 5.36. The lowest BCUT2D eigenvalue weighted by Gasteiger charge is -2.06. The molecule has 1 aliphatic carbocycles. The van der Waals surface area contributed by atoms with E-state index in [1.54, 1.807) is 7.11 Å². The minimum Gasteiger partial charge on any atom is -0.497 e. The van der Waals surface area contributed by atoms with Crippen LogP contribution in [0.25, 0.3) is 11.6 Å². The first-order valence-corrected chi connectivity index (χ1v) is 7.21. The molecule has 3 rings (SSSR count). The van der Waals surface area contributed by atoms with E-state index in [4.69, 9.17) is 9.47 Å². The quantitative estimate of drug-likeness (QED) is 0.814. The second-order valence-corrected chi connectivity index (χ2v) is 5.36. The lowest BCUT2D eigenvalue weighted by molar-refractivity contribution is 0.0600. The van der Waals surface area contributed by atoms with E-state index in [1.165, 1.54) is 23.5 Å². The largest absolute Gasteiger partial charge is 0.497 e. The predicted molar refractivity (Wildman–Crippen MR) is 86.4 cm³/mol. The summed E-state index contributed by atoms with van der Waals surface area (Å²) >= 11 is 0. The molecule has 0 N–H and O–H groups in total. The van der Waals surface area contributed by atoms with Gasteiger partial charge in [-0.25, -0.2) is 4.79 Å². The highest BCUT2D eigenvalue weighted by Gasteiger charge is 2.14. The zero-order chi connectivity index (χ0) is 15.7. The van der Waals surface area contributed by atoms with Gasteiger partial charge in [0.05, 0.1) is 19.8 Å². The average Bonchev–Trinajstić information content (AvgIpc) is 2.96. The molecule has 0 bridgehead atoms. The highest BCUT2D eigenvalue weighted by molar-refractivity contribution is 5.91. The molecule has 0 fully saturated rings. The molecule has 0 unspecified atom stereocenters. The summed E-state index contributed by atoms with van der Waals surface area (Å²) in [5.41, 5.74) is 4.03. The van der Waals surface area contributed by atoms with Crippen molar-refractivity contribution in [3.63, 3.8) is 0 Å². The van der Waals surface area contributed by atoms with Crippen molar-refractivity contribution in [2.24, 2.45) is 0 Å². The maximum atomic E-state index is 11.8. The van der Waals surface area contributed by atoms with Crippen LogP contribution in [0, 0.1) is 6.92 Å². The highest BCUT2D eigenvalue weighted by Crippen LogP contribution is 2.21. The van der Waals surface area contributed by atoms with E-state index in [9.17, 15) is 4.79 Å². The van der Waals surface area contributed by atoms with Gasteiger partial charge in [-0.15, -0.1) is 0 Å². The fourth-order valence-electron chi connectivity index (χ4n) is 2.87. The van der Waals surface area contributed by atoms with E-state index >= 15 is 0 Å². The van der Waals surface area contributed by atoms with Crippen molar-refractivity contribution < 1.29 is 14.3 Å². The number of aryl methyl sites for hydroxylation is 1. The Bertz CT molecular complexity index is 845. The first-order chi connectivity index (χ1) is 10.6. The molecule has 0 amide bonds. The fraction of sp³-hybridized carbons (Fsp3) is 0.211. The van der Waals surface area contributed by atoms with Gasteiger partial charge < -0.3 is 9.47 Å². The number of esters is 1. The summed E-state index contributed by atoms with van der Waals surface area (Å²) in [7, 11) is 3.08. The van der Waals surface area contributed by atoms with Crippen molar-refractivity contribution in [3.05, 3.63) is 63.5 Å². The smallest absolute Gasteiger partial charge is 0.338 e. The van der Waals surface area contributed by atoms with Crippen molar-refractivity contribution in [1.82, 2.24) is 0 Å².